The lowest BCUT2D eigenvalue weighted by Crippen LogP contribution is -2.36. The first-order valence-electron chi connectivity index (χ1n) is 6.88. The fourth-order valence-electron chi connectivity index (χ4n) is 2.13. The highest BCUT2D eigenvalue weighted by molar-refractivity contribution is 8.18. The smallest absolute Gasteiger partial charge is 0.294 e. The molecule has 1 N–H and O–H groups in total. The molecule has 1 aliphatic rings. The summed E-state index contributed by atoms with van der Waals surface area (Å²) in [5.41, 5.74) is 3.50. The fourth-order valence-corrected chi connectivity index (χ4v) is 2.96. The number of imide groups is 1. The van der Waals surface area contributed by atoms with E-state index in [0.29, 0.717) is 10.6 Å². The molecule has 2 rings (SSSR count). The maximum absolute atomic E-state index is 12.1. The summed E-state index contributed by atoms with van der Waals surface area (Å²) in [6.07, 6.45) is 0. The van der Waals surface area contributed by atoms with E-state index in [2.05, 4.69) is 5.32 Å². The van der Waals surface area contributed by atoms with Crippen LogP contribution in [-0.2, 0) is 9.59 Å². The van der Waals surface area contributed by atoms with Gasteiger partial charge in [-0.1, -0.05) is 23.3 Å². The van der Waals surface area contributed by atoms with Gasteiger partial charge in [-0.2, -0.15) is 0 Å². The van der Waals surface area contributed by atoms with E-state index in [1.807, 2.05) is 32.0 Å². The van der Waals surface area contributed by atoms with Crippen LogP contribution in [0.15, 0.2) is 28.7 Å². The Bertz CT molecular complexity index is 691. The van der Waals surface area contributed by atoms with Gasteiger partial charge >= 0.3 is 0 Å². The van der Waals surface area contributed by atoms with Gasteiger partial charge in [0.2, 0.25) is 5.91 Å². The van der Waals surface area contributed by atoms with Crippen molar-refractivity contribution in [3.8, 4) is 0 Å². The van der Waals surface area contributed by atoms with Gasteiger partial charge in [-0.15, -0.1) is 0 Å². The zero-order valence-electron chi connectivity index (χ0n) is 13.0. The second-order valence-corrected chi connectivity index (χ2v) is 6.42. The van der Waals surface area contributed by atoms with Crippen molar-refractivity contribution in [2.24, 2.45) is 0 Å². The lowest BCUT2D eigenvalue weighted by atomic mass is 10.1. The number of anilines is 1. The Balaban J connectivity index is 2.08. The van der Waals surface area contributed by atoms with Gasteiger partial charge in [0.15, 0.2) is 0 Å². The van der Waals surface area contributed by atoms with E-state index in [9.17, 15) is 14.4 Å². The molecule has 1 aromatic rings. The van der Waals surface area contributed by atoms with E-state index >= 15 is 0 Å². The number of hydrogen-bond donors (Lipinski definition) is 1. The number of carbonyl (C=O) groups is 3. The highest BCUT2D eigenvalue weighted by Crippen LogP contribution is 2.32. The van der Waals surface area contributed by atoms with Crippen LogP contribution in [0, 0.1) is 13.8 Å². The summed E-state index contributed by atoms with van der Waals surface area (Å²) >= 11 is 0.880. The number of benzene rings is 1. The molecule has 0 aliphatic carbocycles. The van der Waals surface area contributed by atoms with Gasteiger partial charge in [0.1, 0.15) is 6.54 Å². The predicted molar refractivity (Wildman–Crippen MR) is 87.6 cm³/mol. The maximum atomic E-state index is 12.1. The van der Waals surface area contributed by atoms with Gasteiger partial charge < -0.3 is 5.32 Å². The summed E-state index contributed by atoms with van der Waals surface area (Å²) < 4.78 is 0. The Morgan fingerprint density at radius 1 is 1.23 bits per heavy atom. The first-order valence-corrected chi connectivity index (χ1v) is 7.69. The molecule has 0 bridgehead atoms. The van der Waals surface area contributed by atoms with E-state index in [-0.39, 0.29) is 12.5 Å². The van der Waals surface area contributed by atoms with Crippen LogP contribution in [0.5, 0.6) is 0 Å². The molecule has 0 radical (unpaired) electrons. The molecule has 1 saturated heterocycles. The van der Waals surface area contributed by atoms with E-state index in [0.717, 1.165) is 33.4 Å². The minimum absolute atomic E-state index is 0.269. The van der Waals surface area contributed by atoms with Crippen molar-refractivity contribution < 1.29 is 14.4 Å². The monoisotopic (exact) mass is 318 g/mol. The average molecular weight is 318 g/mol. The number of hydrogen-bond acceptors (Lipinski definition) is 4. The van der Waals surface area contributed by atoms with Gasteiger partial charge in [0.25, 0.3) is 11.1 Å². The SMILES string of the molecule is CC(C)=C1SC(=O)N(CC(=O)Nc2ccc(C)cc2C)C1=O. The number of aryl methyl sites for hydroxylation is 2. The van der Waals surface area contributed by atoms with Crippen LogP contribution in [0.2, 0.25) is 0 Å². The molecule has 0 spiro atoms. The summed E-state index contributed by atoms with van der Waals surface area (Å²) in [5, 5.41) is 2.33. The van der Waals surface area contributed by atoms with Crippen molar-refractivity contribution in [2.45, 2.75) is 27.7 Å². The number of thioether (sulfide) groups is 1. The second kappa shape index (κ2) is 6.36. The number of amides is 3. The predicted octanol–water partition coefficient (Wildman–Crippen LogP) is 3.23. The molecule has 3 amide bonds. The average Bonchev–Trinajstić information content (AvgIpc) is 2.70. The molecule has 22 heavy (non-hydrogen) atoms. The van der Waals surface area contributed by atoms with E-state index < -0.39 is 11.1 Å². The zero-order valence-corrected chi connectivity index (χ0v) is 13.8. The number of carbonyl (C=O) groups excluding carboxylic acids is 3. The Labute approximate surface area is 133 Å². The molecular formula is C16H18N2O3S. The molecule has 1 heterocycles. The summed E-state index contributed by atoms with van der Waals surface area (Å²) in [6.45, 7) is 7.14. The normalized spacial score (nSPS) is 14.5. The van der Waals surface area contributed by atoms with E-state index in [1.54, 1.807) is 13.8 Å². The van der Waals surface area contributed by atoms with Gasteiger partial charge in [-0.3, -0.25) is 19.3 Å². The maximum Gasteiger partial charge on any atom is 0.294 e. The third-order valence-electron chi connectivity index (χ3n) is 3.26. The van der Waals surface area contributed by atoms with Crippen LogP contribution in [0.25, 0.3) is 0 Å². The van der Waals surface area contributed by atoms with Crippen molar-refractivity contribution in [3.63, 3.8) is 0 Å². The van der Waals surface area contributed by atoms with Crippen LogP contribution in [0.1, 0.15) is 25.0 Å². The molecule has 6 heteroatoms. The van der Waals surface area contributed by atoms with Gasteiger partial charge in [-0.25, -0.2) is 0 Å². The first-order chi connectivity index (χ1) is 10.3. The largest absolute Gasteiger partial charge is 0.324 e. The molecule has 1 aromatic carbocycles. The number of rotatable bonds is 3. The number of nitrogens with one attached hydrogen (secondary N) is 1. The summed E-state index contributed by atoms with van der Waals surface area (Å²) in [7, 11) is 0. The molecule has 0 aromatic heterocycles. The lowest BCUT2D eigenvalue weighted by Gasteiger charge is -2.14. The highest BCUT2D eigenvalue weighted by atomic mass is 32.2. The molecule has 116 valence electrons. The standard InChI is InChI=1S/C16H18N2O3S/c1-9(2)14-15(20)18(16(21)22-14)8-13(19)17-12-6-5-10(3)7-11(12)4/h5-7H,8H2,1-4H3,(H,17,19). The molecule has 0 saturated carbocycles. The number of nitrogens with zero attached hydrogens (tertiary/aromatic N) is 1. The lowest BCUT2D eigenvalue weighted by molar-refractivity contribution is -0.127. The zero-order chi connectivity index (χ0) is 16.4. The molecular weight excluding hydrogens is 300 g/mol. The van der Waals surface area contributed by atoms with Crippen LogP contribution < -0.4 is 5.32 Å². The summed E-state index contributed by atoms with van der Waals surface area (Å²) in [6, 6.07) is 5.66. The third-order valence-corrected chi connectivity index (χ3v) is 4.44. The Hall–Kier alpha value is -2.08. The van der Waals surface area contributed by atoms with Crippen LogP contribution in [-0.4, -0.2) is 28.5 Å². The quantitative estimate of drug-likeness (QED) is 0.869. The van der Waals surface area contributed by atoms with Crippen LogP contribution in [0.4, 0.5) is 10.5 Å². The van der Waals surface area contributed by atoms with Crippen LogP contribution in [0.3, 0.4) is 0 Å². The van der Waals surface area contributed by atoms with E-state index in [1.165, 1.54) is 0 Å². The van der Waals surface area contributed by atoms with Crippen molar-refractivity contribution in [1.29, 1.82) is 0 Å². The minimum atomic E-state index is -0.406. The van der Waals surface area contributed by atoms with Crippen molar-refractivity contribution in [3.05, 3.63) is 39.8 Å². The second-order valence-electron chi connectivity index (χ2n) is 5.45. The topological polar surface area (TPSA) is 66.5 Å². The highest BCUT2D eigenvalue weighted by Gasteiger charge is 2.36. The van der Waals surface area contributed by atoms with E-state index in [4.69, 9.17) is 0 Å². The molecule has 0 unspecified atom stereocenters. The Kier molecular flexibility index (Phi) is 4.71. The molecule has 0 atom stereocenters. The summed E-state index contributed by atoms with van der Waals surface area (Å²) in [4.78, 5) is 37.4. The van der Waals surface area contributed by atoms with Gasteiger partial charge in [0.05, 0.1) is 4.91 Å². The van der Waals surface area contributed by atoms with Crippen molar-refractivity contribution in [1.82, 2.24) is 4.90 Å². The summed E-state index contributed by atoms with van der Waals surface area (Å²) in [5.74, 6) is -0.782. The van der Waals surface area contributed by atoms with Crippen molar-refractivity contribution in [2.75, 3.05) is 11.9 Å². The molecule has 1 fully saturated rings. The first kappa shape index (κ1) is 16.3. The number of allylic oxidation sites excluding steroid dienone is 1. The Morgan fingerprint density at radius 3 is 2.45 bits per heavy atom. The minimum Gasteiger partial charge on any atom is -0.324 e. The molecule has 5 nitrogen and oxygen atoms in total. The third kappa shape index (κ3) is 3.39. The molecule has 1 aliphatic heterocycles. The van der Waals surface area contributed by atoms with Crippen molar-refractivity contribution >= 4 is 34.5 Å². The fraction of sp³-hybridized carbons (Fsp3) is 0.312. The Morgan fingerprint density at radius 2 is 1.91 bits per heavy atom. The van der Waals surface area contributed by atoms with Crippen LogP contribution >= 0.6 is 11.8 Å². The van der Waals surface area contributed by atoms with Gasteiger partial charge in [0, 0.05) is 5.69 Å². The van der Waals surface area contributed by atoms with Gasteiger partial charge in [-0.05, 0) is 51.1 Å².